The number of amides is 1. The molecule has 262 valence electrons. The third-order valence-corrected chi connectivity index (χ3v) is 8.37. The highest BCUT2D eigenvalue weighted by Crippen LogP contribution is 2.13. The van der Waals surface area contributed by atoms with Crippen LogP contribution in [0.15, 0.2) is 48.6 Å². The Kier molecular flexibility index (Phi) is 33.8. The molecule has 0 aliphatic heterocycles. The summed E-state index contributed by atoms with van der Waals surface area (Å²) in [6.45, 7) is 4.09. The van der Waals surface area contributed by atoms with Gasteiger partial charge in [-0.1, -0.05) is 159 Å². The summed E-state index contributed by atoms with van der Waals surface area (Å²) in [4.78, 5) is 12.4. The highest BCUT2D eigenvalue weighted by atomic mass is 16.3. The van der Waals surface area contributed by atoms with Gasteiger partial charge in [-0.2, -0.15) is 0 Å². The van der Waals surface area contributed by atoms with Crippen molar-refractivity contribution in [3.63, 3.8) is 0 Å². The summed E-state index contributed by atoms with van der Waals surface area (Å²) in [7, 11) is 0. The fourth-order valence-corrected chi connectivity index (χ4v) is 5.31. The van der Waals surface area contributed by atoms with Gasteiger partial charge >= 0.3 is 0 Å². The van der Waals surface area contributed by atoms with Gasteiger partial charge in [-0.05, 0) is 64.2 Å². The molecule has 3 unspecified atom stereocenters. The van der Waals surface area contributed by atoms with E-state index in [0.717, 1.165) is 51.4 Å². The number of aliphatic hydroxyl groups excluding tert-OH is 3. The van der Waals surface area contributed by atoms with Crippen LogP contribution < -0.4 is 5.32 Å². The van der Waals surface area contributed by atoms with Gasteiger partial charge in [-0.15, -0.1) is 0 Å². The second-order valence-electron chi connectivity index (χ2n) is 12.8. The number of carbonyl (C=O) groups excluding carboxylic acids is 1. The molecule has 0 radical (unpaired) electrons. The molecule has 0 heterocycles. The molecule has 0 saturated carbocycles. The second kappa shape index (κ2) is 35.2. The summed E-state index contributed by atoms with van der Waals surface area (Å²) in [5, 5.41) is 32.9. The van der Waals surface area contributed by atoms with Crippen LogP contribution in [0.2, 0.25) is 0 Å². The average molecular weight is 632 g/mol. The van der Waals surface area contributed by atoms with Crippen molar-refractivity contribution in [3.8, 4) is 0 Å². The van der Waals surface area contributed by atoms with Crippen LogP contribution in [0.25, 0.3) is 0 Å². The van der Waals surface area contributed by atoms with E-state index in [-0.39, 0.29) is 6.61 Å². The third-order valence-electron chi connectivity index (χ3n) is 8.37. The van der Waals surface area contributed by atoms with E-state index in [0.29, 0.717) is 6.42 Å². The van der Waals surface area contributed by atoms with Gasteiger partial charge in [-0.25, -0.2) is 0 Å². The van der Waals surface area contributed by atoms with Crippen LogP contribution in [0.5, 0.6) is 0 Å². The molecule has 0 aromatic heterocycles. The zero-order valence-corrected chi connectivity index (χ0v) is 29.5. The van der Waals surface area contributed by atoms with E-state index in [1.165, 1.54) is 103 Å². The van der Waals surface area contributed by atoms with Crippen LogP contribution >= 0.6 is 0 Å². The molecule has 0 aliphatic rings. The van der Waals surface area contributed by atoms with Gasteiger partial charge in [-0.3, -0.25) is 4.79 Å². The molecule has 1 amide bonds. The van der Waals surface area contributed by atoms with Crippen LogP contribution in [0.1, 0.15) is 174 Å². The van der Waals surface area contributed by atoms with Crippen LogP contribution in [0.3, 0.4) is 0 Å². The molecule has 3 atom stereocenters. The first kappa shape index (κ1) is 43.3. The molecule has 0 bridgehead atoms. The monoisotopic (exact) mass is 632 g/mol. The van der Waals surface area contributed by atoms with E-state index in [1.807, 2.05) is 6.08 Å². The summed E-state index contributed by atoms with van der Waals surface area (Å²) in [6, 6.07) is -0.822. The number of hydrogen-bond acceptors (Lipinski definition) is 4. The van der Waals surface area contributed by atoms with Crippen molar-refractivity contribution in [2.45, 2.75) is 193 Å². The van der Waals surface area contributed by atoms with Gasteiger partial charge in [0.15, 0.2) is 0 Å². The SMILES string of the molecule is CCCC/C=C/CC/C=C/CC/C=C/C(O)C(CO)NC(=O)C(O)CCCCCCCC/C=C\CCCCCCCCCCC. The van der Waals surface area contributed by atoms with Gasteiger partial charge in [0.2, 0.25) is 5.91 Å². The molecule has 45 heavy (non-hydrogen) atoms. The molecule has 0 aromatic rings. The van der Waals surface area contributed by atoms with Gasteiger partial charge in [0.05, 0.1) is 18.8 Å². The van der Waals surface area contributed by atoms with Crippen LogP contribution in [0.4, 0.5) is 0 Å². The van der Waals surface area contributed by atoms with Crippen molar-refractivity contribution in [2.24, 2.45) is 0 Å². The quantitative estimate of drug-likeness (QED) is 0.0429. The van der Waals surface area contributed by atoms with E-state index in [9.17, 15) is 20.1 Å². The first-order chi connectivity index (χ1) is 22.1. The largest absolute Gasteiger partial charge is 0.394 e. The molecule has 0 rings (SSSR count). The summed E-state index contributed by atoms with van der Waals surface area (Å²) in [5.41, 5.74) is 0. The van der Waals surface area contributed by atoms with Crippen molar-refractivity contribution in [1.82, 2.24) is 5.32 Å². The number of carbonyl (C=O) groups is 1. The predicted molar refractivity (Wildman–Crippen MR) is 194 cm³/mol. The predicted octanol–water partition coefficient (Wildman–Crippen LogP) is 10.2. The Balaban J connectivity index is 3.78. The molecule has 0 fully saturated rings. The number of rotatable bonds is 33. The van der Waals surface area contributed by atoms with Crippen molar-refractivity contribution < 1.29 is 20.1 Å². The van der Waals surface area contributed by atoms with E-state index >= 15 is 0 Å². The summed E-state index contributed by atoms with van der Waals surface area (Å²) >= 11 is 0. The van der Waals surface area contributed by atoms with E-state index in [1.54, 1.807) is 6.08 Å². The third kappa shape index (κ3) is 30.7. The summed E-state index contributed by atoms with van der Waals surface area (Å²) < 4.78 is 0. The lowest BCUT2D eigenvalue weighted by Gasteiger charge is -2.21. The van der Waals surface area contributed by atoms with E-state index < -0.39 is 24.2 Å². The Hall–Kier alpha value is -1.69. The lowest BCUT2D eigenvalue weighted by Crippen LogP contribution is -2.48. The Morgan fingerprint density at radius 3 is 1.42 bits per heavy atom. The van der Waals surface area contributed by atoms with Crippen LogP contribution in [-0.2, 0) is 4.79 Å². The maximum absolute atomic E-state index is 12.4. The van der Waals surface area contributed by atoms with Gasteiger partial charge < -0.3 is 20.6 Å². The highest BCUT2D eigenvalue weighted by Gasteiger charge is 2.22. The maximum atomic E-state index is 12.4. The normalized spacial score (nSPS) is 14.3. The number of allylic oxidation sites excluding steroid dienone is 7. The number of nitrogens with one attached hydrogen (secondary N) is 1. The minimum absolute atomic E-state index is 0.385. The van der Waals surface area contributed by atoms with Gasteiger partial charge in [0.25, 0.3) is 0 Å². The fourth-order valence-electron chi connectivity index (χ4n) is 5.31. The molecule has 0 aromatic carbocycles. The first-order valence-electron chi connectivity index (χ1n) is 19.0. The van der Waals surface area contributed by atoms with Gasteiger partial charge in [0, 0.05) is 0 Å². The molecule has 5 nitrogen and oxygen atoms in total. The maximum Gasteiger partial charge on any atom is 0.249 e. The Morgan fingerprint density at radius 1 is 0.533 bits per heavy atom. The van der Waals surface area contributed by atoms with Crippen molar-refractivity contribution in [3.05, 3.63) is 48.6 Å². The van der Waals surface area contributed by atoms with Gasteiger partial charge in [0.1, 0.15) is 6.10 Å². The Morgan fingerprint density at radius 2 is 0.933 bits per heavy atom. The Labute approximate surface area is 278 Å². The van der Waals surface area contributed by atoms with Crippen molar-refractivity contribution in [1.29, 1.82) is 0 Å². The molecular weight excluding hydrogens is 558 g/mol. The summed E-state index contributed by atoms with van der Waals surface area (Å²) in [6.07, 6.45) is 44.1. The summed E-state index contributed by atoms with van der Waals surface area (Å²) in [5.74, 6) is -0.526. The van der Waals surface area contributed by atoms with Crippen molar-refractivity contribution in [2.75, 3.05) is 6.61 Å². The molecule has 4 N–H and O–H groups in total. The van der Waals surface area contributed by atoms with Crippen molar-refractivity contribution >= 4 is 5.91 Å². The minimum Gasteiger partial charge on any atom is -0.394 e. The van der Waals surface area contributed by atoms with Crippen LogP contribution in [-0.4, -0.2) is 46.1 Å². The molecular formula is C40H73NO4. The van der Waals surface area contributed by atoms with E-state index in [2.05, 4.69) is 55.6 Å². The zero-order valence-electron chi connectivity index (χ0n) is 29.5. The number of aliphatic hydroxyl groups is 3. The topological polar surface area (TPSA) is 89.8 Å². The average Bonchev–Trinajstić information content (AvgIpc) is 3.04. The first-order valence-corrected chi connectivity index (χ1v) is 19.0. The van der Waals surface area contributed by atoms with Crippen LogP contribution in [0, 0.1) is 0 Å². The lowest BCUT2D eigenvalue weighted by atomic mass is 10.0. The number of hydrogen-bond donors (Lipinski definition) is 4. The number of unbranched alkanes of at least 4 members (excludes halogenated alkanes) is 19. The zero-order chi connectivity index (χ0) is 33.1. The molecule has 5 heteroatoms. The standard InChI is InChI=1S/C40H73NO4/c1-3-5-7-9-11-13-15-17-18-19-20-21-22-23-25-27-29-31-33-35-39(44)40(45)41-37(36-42)38(43)34-32-30-28-26-24-16-14-12-10-8-6-4-2/h10,12,20-21,24,26,32,34,37-39,42-44H,3-9,11,13-19,22-23,25,27-31,33,35-36H2,1-2H3,(H,41,45)/b12-10+,21-20-,26-24+,34-32+. The van der Waals surface area contributed by atoms with E-state index in [4.69, 9.17) is 0 Å². The second-order valence-corrected chi connectivity index (χ2v) is 12.8. The molecule has 0 aliphatic carbocycles. The lowest BCUT2D eigenvalue weighted by molar-refractivity contribution is -0.131. The smallest absolute Gasteiger partial charge is 0.249 e. The Bertz CT molecular complexity index is 745. The minimum atomic E-state index is -1.11. The highest BCUT2D eigenvalue weighted by molar-refractivity contribution is 5.80. The fraction of sp³-hybridized carbons (Fsp3) is 0.775. The molecule has 0 spiro atoms. The molecule has 0 saturated heterocycles.